The zero-order valence-corrected chi connectivity index (χ0v) is 12.8. The molecule has 1 aromatic rings. The first-order valence-corrected chi connectivity index (χ1v) is 7.20. The van der Waals surface area contributed by atoms with Crippen LogP contribution in [0.3, 0.4) is 0 Å². The molecule has 22 heavy (non-hydrogen) atoms. The maximum Gasteiger partial charge on any atom is 0.311 e. The van der Waals surface area contributed by atoms with Crippen LogP contribution in [0.1, 0.15) is 19.3 Å². The molecule has 7 nitrogen and oxygen atoms in total. The lowest BCUT2D eigenvalue weighted by molar-refractivity contribution is -0.150. The van der Waals surface area contributed by atoms with Crippen molar-refractivity contribution in [3.63, 3.8) is 0 Å². The fraction of sp³-hybridized carbons (Fsp3) is 0.643. The van der Waals surface area contributed by atoms with Crippen LogP contribution in [0.4, 0.5) is 16.2 Å². The highest BCUT2D eigenvalue weighted by atomic mass is 19.1. The van der Waals surface area contributed by atoms with Crippen molar-refractivity contribution in [2.24, 2.45) is 5.41 Å². The summed E-state index contributed by atoms with van der Waals surface area (Å²) in [6.45, 7) is 1.32. The quantitative estimate of drug-likeness (QED) is 0.820. The molecule has 2 heterocycles. The summed E-state index contributed by atoms with van der Waals surface area (Å²) >= 11 is 0. The van der Waals surface area contributed by atoms with Crippen molar-refractivity contribution in [1.82, 2.24) is 9.97 Å². The first-order chi connectivity index (χ1) is 10.5. The molecular weight excluding hydrogens is 291 g/mol. The molecule has 2 N–H and O–H groups in total. The normalized spacial score (nSPS) is 21.7. The average Bonchev–Trinajstić information content (AvgIpc) is 2.53. The van der Waals surface area contributed by atoms with Crippen LogP contribution in [0.5, 0.6) is 0 Å². The van der Waals surface area contributed by atoms with Crippen LogP contribution in [0.2, 0.25) is 0 Å². The van der Waals surface area contributed by atoms with Crippen LogP contribution in [-0.4, -0.2) is 54.9 Å². The van der Waals surface area contributed by atoms with Gasteiger partial charge in [-0.3, -0.25) is 4.79 Å². The lowest BCUT2D eigenvalue weighted by Crippen LogP contribution is -2.49. The number of carboxylic acid groups (broad SMARTS) is 1. The van der Waals surface area contributed by atoms with Crippen LogP contribution in [0.25, 0.3) is 0 Å². The highest BCUT2D eigenvalue weighted by Crippen LogP contribution is 2.35. The Balaban J connectivity index is 2.23. The lowest BCUT2D eigenvalue weighted by atomic mass is 9.77. The minimum atomic E-state index is -0.883. The number of carbonyl (C=O) groups is 1. The van der Waals surface area contributed by atoms with Gasteiger partial charge in [0.1, 0.15) is 0 Å². The third-order valence-corrected chi connectivity index (χ3v) is 4.07. The number of rotatable bonds is 6. The second kappa shape index (κ2) is 6.87. The van der Waals surface area contributed by atoms with Gasteiger partial charge >= 0.3 is 5.97 Å². The molecule has 1 unspecified atom stereocenters. The minimum absolute atomic E-state index is 0.105. The smallest absolute Gasteiger partial charge is 0.311 e. The maximum atomic E-state index is 13.5. The molecule has 0 aliphatic carbocycles. The average molecular weight is 312 g/mol. The maximum absolute atomic E-state index is 13.5. The van der Waals surface area contributed by atoms with E-state index in [2.05, 4.69) is 15.3 Å². The van der Waals surface area contributed by atoms with Crippen LogP contribution < -0.4 is 10.2 Å². The van der Waals surface area contributed by atoms with Gasteiger partial charge in [-0.2, -0.15) is 4.98 Å². The number of ether oxygens (including phenoxy) is 1. The summed E-state index contributed by atoms with van der Waals surface area (Å²) in [6, 6.07) is 0. The molecule has 1 saturated heterocycles. The van der Waals surface area contributed by atoms with E-state index in [9.17, 15) is 14.3 Å². The Hall–Kier alpha value is -1.96. The summed E-state index contributed by atoms with van der Waals surface area (Å²) in [6.07, 6.45) is 2.82. The molecule has 122 valence electrons. The van der Waals surface area contributed by atoms with Gasteiger partial charge in [0, 0.05) is 33.9 Å². The van der Waals surface area contributed by atoms with Gasteiger partial charge in [-0.25, -0.2) is 9.37 Å². The number of aliphatic carboxylic acids is 1. The topological polar surface area (TPSA) is 87.6 Å². The molecule has 1 atom stereocenters. The van der Waals surface area contributed by atoms with Gasteiger partial charge in [-0.05, 0) is 19.3 Å². The molecule has 0 amide bonds. The first-order valence-electron chi connectivity index (χ1n) is 7.20. The van der Waals surface area contributed by atoms with Gasteiger partial charge in [0.2, 0.25) is 5.95 Å². The van der Waals surface area contributed by atoms with Gasteiger partial charge in [0.05, 0.1) is 11.6 Å². The molecule has 1 aliphatic rings. The standard InChI is InChI=1S/C14H21FN4O3/c1-16-11-10(15)8-17-13(18-11)19-6-3-4-14(9-19,12(20)21)5-7-22-2/h8H,3-7,9H2,1-2H3,(H,20,21)(H,16,17,18). The SMILES string of the molecule is CNc1nc(N2CCCC(CCOC)(C(=O)O)C2)ncc1F. The summed E-state index contributed by atoms with van der Waals surface area (Å²) in [7, 11) is 3.13. The number of nitrogens with zero attached hydrogens (tertiary/aromatic N) is 3. The van der Waals surface area contributed by atoms with Gasteiger partial charge in [-0.1, -0.05) is 0 Å². The summed E-state index contributed by atoms with van der Waals surface area (Å²) < 4.78 is 18.5. The minimum Gasteiger partial charge on any atom is -0.481 e. The summed E-state index contributed by atoms with van der Waals surface area (Å²) in [5.74, 6) is -0.931. The van der Waals surface area contributed by atoms with Crippen LogP contribution in [0.15, 0.2) is 6.20 Å². The van der Waals surface area contributed by atoms with E-state index in [-0.39, 0.29) is 5.82 Å². The van der Waals surface area contributed by atoms with E-state index in [0.717, 1.165) is 6.20 Å². The van der Waals surface area contributed by atoms with E-state index in [4.69, 9.17) is 4.74 Å². The number of halogens is 1. The number of carboxylic acids is 1. The summed E-state index contributed by atoms with van der Waals surface area (Å²) in [5, 5.41) is 12.3. The molecule has 0 bridgehead atoms. The molecule has 0 saturated carbocycles. The van der Waals surface area contributed by atoms with Gasteiger partial charge in [-0.15, -0.1) is 0 Å². The molecule has 0 spiro atoms. The number of aromatic nitrogens is 2. The number of methoxy groups -OCH3 is 1. The van der Waals surface area contributed by atoms with Gasteiger partial charge in [0.15, 0.2) is 11.6 Å². The zero-order valence-electron chi connectivity index (χ0n) is 12.8. The van der Waals surface area contributed by atoms with E-state index in [1.54, 1.807) is 19.1 Å². The Bertz CT molecular complexity index is 543. The van der Waals surface area contributed by atoms with E-state index in [1.165, 1.54) is 0 Å². The van der Waals surface area contributed by atoms with Gasteiger partial charge < -0.3 is 20.1 Å². The highest BCUT2D eigenvalue weighted by Gasteiger charge is 2.42. The zero-order chi connectivity index (χ0) is 16.2. The van der Waals surface area contributed by atoms with Crippen LogP contribution in [0, 0.1) is 11.2 Å². The molecule has 1 aliphatic heterocycles. The predicted octanol–water partition coefficient (Wildman–Crippen LogP) is 1.37. The molecule has 0 aromatic carbocycles. The van der Waals surface area contributed by atoms with Gasteiger partial charge in [0.25, 0.3) is 0 Å². The van der Waals surface area contributed by atoms with Crippen molar-refractivity contribution in [2.75, 3.05) is 44.1 Å². The second-order valence-electron chi connectivity index (χ2n) is 5.47. The lowest BCUT2D eigenvalue weighted by Gasteiger charge is -2.39. The number of nitrogens with one attached hydrogen (secondary N) is 1. The van der Waals surface area contributed by atoms with E-state index in [0.29, 0.717) is 44.9 Å². The fourth-order valence-electron chi connectivity index (χ4n) is 2.77. The van der Waals surface area contributed by atoms with Crippen LogP contribution >= 0.6 is 0 Å². The Morgan fingerprint density at radius 1 is 1.64 bits per heavy atom. The first kappa shape index (κ1) is 16.4. The Kier molecular flexibility index (Phi) is 5.12. The number of hydrogen-bond acceptors (Lipinski definition) is 6. The third kappa shape index (κ3) is 3.27. The Morgan fingerprint density at radius 2 is 2.41 bits per heavy atom. The molecule has 1 fully saturated rings. The number of piperidine rings is 1. The van der Waals surface area contributed by atoms with Crippen molar-refractivity contribution < 1.29 is 19.0 Å². The van der Waals surface area contributed by atoms with Crippen molar-refractivity contribution in [3.05, 3.63) is 12.0 Å². The van der Waals surface area contributed by atoms with Crippen molar-refractivity contribution in [2.45, 2.75) is 19.3 Å². The highest BCUT2D eigenvalue weighted by molar-refractivity contribution is 5.76. The van der Waals surface area contributed by atoms with E-state index in [1.807, 2.05) is 0 Å². The van der Waals surface area contributed by atoms with E-state index >= 15 is 0 Å². The Labute approximate surface area is 128 Å². The van der Waals surface area contributed by atoms with Crippen LogP contribution in [-0.2, 0) is 9.53 Å². The Morgan fingerprint density at radius 3 is 3.05 bits per heavy atom. The fourth-order valence-corrected chi connectivity index (χ4v) is 2.77. The molecular formula is C14H21FN4O3. The van der Waals surface area contributed by atoms with Crippen molar-refractivity contribution >= 4 is 17.7 Å². The molecule has 8 heteroatoms. The molecule has 0 radical (unpaired) electrons. The third-order valence-electron chi connectivity index (χ3n) is 4.07. The second-order valence-corrected chi connectivity index (χ2v) is 5.47. The predicted molar refractivity (Wildman–Crippen MR) is 79.5 cm³/mol. The summed E-state index contributed by atoms with van der Waals surface area (Å²) in [4.78, 5) is 21.7. The molecule has 1 aromatic heterocycles. The van der Waals surface area contributed by atoms with Crippen molar-refractivity contribution in [3.8, 4) is 0 Å². The summed E-state index contributed by atoms with van der Waals surface area (Å²) in [5.41, 5.74) is -0.883. The van der Waals surface area contributed by atoms with E-state index < -0.39 is 17.2 Å². The number of anilines is 2. The monoisotopic (exact) mass is 312 g/mol. The largest absolute Gasteiger partial charge is 0.481 e. The number of hydrogen-bond donors (Lipinski definition) is 2. The molecule has 2 rings (SSSR count). The van der Waals surface area contributed by atoms with Crippen molar-refractivity contribution in [1.29, 1.82) is 0 Å².